The number of carbonyl (C=O) groups is 1. The van der Waals surface area contributed by atoms with E-state index in [9.17, 15) is 4.79 Å². The van der Waals surface area contributed by atoms with Gasteiger partial charge < -0.3 is 4.40 Å². The number of amides is 1. The first-order chi connectivity index (χ1) is 12.1. The predicted molar refractivity (Wildman–Crippen MR) is 100 cm³/mol. The summed E-state index contributed by atoms with van der Waals surface area (Å²) in [7, 11) is 0. The van der Waals surface area contributed by atoms with Gasteiger partial charge in [0.05, 0.1) is 10.7 Å². The van der Waals surface area contributed by atoms with Crippen LogP contribution in [0.15, 0.2) is 28.9 Å². The van der Waals surface area contributed by atoms with E-state index in [0.717, 1.165) is 28.5 Å². The topological polar surface area (TPSA) is 63.4 Å². The lowest BCUT2D eigenvalue weighted by atomic mass is 10.4. The largest absolute Gasteiger partial charge is 0.305 e. The minimum Gasteiger partial charge on any atom is -0.305 e. The van der Waals surface area contributed by atoms with Crippen LogP contribution >= 0.6 is 34.7 Å². The molecule has 0 unspecified atom stereocenters. The van der Waals surface area contributed by atoms with Gasteiger partial charge in [-0.1, -0.05) is 41.6 Å². The molecule has 1 saturated carbocycles. The monoisotopic (exact) mass is 393 g/mol. The number of anilines is 1. The number of nitrogens with zero attached hydrogens (tertiary/aromatic N) is 5. The average molecular weight is 394 g/mol. The van der Waals surface area contributed by atoms with Gasteiger partial charge in [0.2, 0.25) is 11.0 Å². The Bertz CT molecular complexity index is 920. The summed E-state index contributed by atoms with van der Waals surface area (Å²) in [5, 5.41) is 9.84. The average Bonchev–Trinajstić information content (AvgIpc) is 3.17. The molecule has 1 aliphatic rings. The van der Waals surface area contributed by atoms with Crippen molar-refractivity contribution >= 4 is 51.4 Å². The summed E-state index contributed by atoms with van der Waals surface area (Å²) < 4.78 is 2.76. The van der Waals surface area contributed by atoms with Gasteiger partial charge in [-0.2, -0.15) is 0 Å². The number of pyridine rings is 1. The molecule has 0 radical (unpaired) electrons. The summed E-state index contributed by atoms with van der Waals surface area (Å²) in [5.41, 5.74) is 1.82. The molecule has 3 aromatic heterocycles. The molecular formula is C16H16ClN5OS2. The van der Waals surface area contributed by atoms with Crippen LogP contribution in [0.25, 0.3) is 5.65 Å². The number of carbonyl (C=O) groups excluding carboxylic acids is 1. The van der Waals surface area contributed by atoms with Gasteiger partial charge >= 0.3 is 0 Å². The first-order valence-corrected chi connectivity index (χ1v) is 10.2. The van der Waals surface area contributed by atoms with Gasteiger partial charge in [-0.25, -0.2) is 4.98 Å². The third-order valence-corrected chi connectivity index (χ3v) is 6.21. The van der Waals surface area contributed by atoms with Gasteiger partial charge in [-0.3, -0.25) is 9.69 Å². The maximum absolute atomic E-state index is 12.1. The molecule has 1 aliphatic carbocycles. The predicted octanol–water partition coefficient (Wildman–Crippen LogP) is 4.04. The SMILES string of the molecule is CCC(=O)N(c1nnc(SCc2cn3cc(Cl)ccc3n2)s1)C1CC1. The summed E-state index contributed by atoms with van der Waals surface area (Å²) in [6.45, 7) is 1.88. The van der Waals surface area contributed by atoms with Crippen molar-refractivity contribution in [2.24, 2.45) is 0 Å². The molecule has 0 saturated heterocycles. The van der Waals surface area contributed by atoms with Gasteiger partial charge in [-0.15, -0.1) is 10.2 Å². The number of hydrogen-bond donors (Lipinski definition) is 0. The lowest BCUT2D eigenvalue weighted by Gasteiger charge is -2.17. The van der Waals surface area contributed by atoms with Crippen molar-refractivity contribution in [1.82, 2.24) is 19.6 Å². The van der Waals surface area contributed by atoms with Crippen LogP contribution in [0, 0.1) is 0 Å². The fraction of sp³-hybridized carbons (Fsp3) is 0.375. The molecule has 3 heterocycles. The molecule has 25 heavy (non-hydrogen) atoms. The van der Waals surface area contributed by atoms with Gasteiger partial charge in [0.1, 0.15) is 5.65 Å². The smallest absolute Gasteiger partial charge is 0.228 e. The van der Waals surface area contributed by atoms with Gasteiger partial charge in [-0.05, 0) is 25.0 Å². The van der Waals surface area contributed by atoms with Crippen LogP contribution in [0.1, 0.15) is 31.9 Å². The second kappa shape index (κ2) is 6.93. The van der Waals surface area contributed by atoms with E-state index < -0.39 is 0 Å². The molecule has 4 rings (SSSR count). The molecule has 1 fully saturated rings. The first-order valence-electron chi connectivity index (χ1n) is 8.05. The van der Waals surface area contributed by atoms with E-state index in [4.69, 9.17) is 11.6 Å². The zero-order chi connectivity index (χ0) is 17.4. The summed E-state index contributed by atoms with van der Waals surface area (Å²) in [6.07, 6.45) is 6.40. The number of imidazole rings is 1. The molecule has 0 aliphatic heterocycles. The molecule has 0 N–H and O–H groups in total. The minimum atomic E-state index is 0.118. The molecular weight excluding hydrogens is 378 g/mol. The molecule has 1 amide bonds. The summed E-state index contributed by atoms with van der Waals surface area (Å²) in [6, 6.07) is 4.03. The fourth-order valence-corrected chi connectivity index (χ4v) is 4.53. The van der Waals surface area contributed by atoms with Crippen LogP contribution in [0.3, 0.4) is 0 Å². The van der Waals surface area contributed by atoms with Crippen LogP contribution in [-0.4, -0.2) is 31.5 Å². The third kappa shape index (κ3) is 3.65. The van der Waals surface area contributed by atoms with Gasteiger partial charge in [0.15, 0.2) is 4.34 Å². The first kappa shape index (κ1) is 16.8. The van der Waals surface area contributed by atoms with Crippen molar-refractivity contribution in [3.8, 4) is 0 Å². The highest BCUT2D eigenvalue weighted by molar-refractivity contribution is 8.00. The van der Waals surface area contributed by atoms with Gasteiger partial charge in [0.25, 0.3) is 0 Å². The van der Waals surface area contributed by atoms with E-state index in [-0.39, 0.29) is 5.91 Å². The Balaban J connectivity index is 1.46. The van der Waals surface area contributed by atoms with E-state index in [0.29, 0.717) is 28.4 Å². The maximum Gasteiger partial charge on any atom is 0.228 e. The van der Waals surface area contributed by atoms with Crippen LogP contribution in [0.2, 0.25) is 5.02 Å². The van der Waals surface area contributed by atoms with Gasteiger partial charge in [0, 0.05) is 30.6 Å². The summed E-state index contributed by atoms with van der Waals surface area (Å²) in [4.78, 5) is 18.5. The molecule has 3 aromatic rings. The highest BCUT2D eigenvalue weighted by atomic mass is 35.5. The van der Waals surface area contributed by atoms with Crippen molar-refractivity contribution in [2.75, 3.05) is 4.90 Å². The number of hydrogen-bond acceptors (Lipinski definition) is 6. The Morgan fingerprint density at radius 1 is 1.40 bits per heavy atom. The molecule has 0 spiro atoms. The molecule has 0 bridgehead atoms. The Morgan fingerprint density at radius 2 is 2.24 bits per heavy atom. The van der Waals surface area contributed by atoms with Crippen molar-refractivity contribution in [3.05, 3.63) is 35.2 Å². The standard InChI is InChI=1S/C16H16ClN5OS2/c1-2-14(23)22(12-4-5-12)15-19-20-16(25-15)24-9-11-8-21-7-10(17)3-6-13(21)18-11/h3,6-8,12H,2,4-5,9H2,1H3. The van der Waals surface area contributed by atoms with Crippen molar-refractivity contribution < 1.29 is 4.79 Å². The van der Waals surface area contributed by atoms with Crippen molar-refractivity contribution in [2.45, 2.75) is 42.3 Å². The Hall–Kier alpha value is -1.64. The molecule has 0 aromatic carbocycles. The third-order valence-electron chi connectivity index (χ3n) is 3.89. The second-order valence-electron chi connectivity index (χ2n) is 5.83. The van der Waals surface area contributed by atoms with E-state index in [2.05, 4.69) is 15.2 Å². The fourth-order valence-electron chi connectivity index (χ4n) is 2.55. The maximum atomic E-state index is 12.1. The second-order valence-corrected chi connectivity index (χ2v) is 8.45. The van der Waals surface area contributed by atoms with E-state index >= 15 is 0 Å². The number of rotatable bonds is 6. The normalized spacial score (nSPS) is 14.2. The lowest BCUT2D eigenvalue weighted by Crippen LogP contribution is -2.32. The quantitative estimate of drug-likeness (QED) is 0.467. The van der Waals surface area contributed by atoms with Crippen LogP contribution in [0.4, 0.5) is 5.13 Å². The molecule has 130 valence electrons. The van der Waals surface area contributed by atoms with E-state index in [1.807, 2.05) is 40.8 Å². The van der Waals surface area contributed by atoms with Crippen molar-refractivity contribution in [1.29, 1.82) is 0 Å². The highest BCUT2D eigenvalue weighted by Crippen LogP contribution is 2.36. The molecule has 6 nitrogen and oxygen atoms in total. The Kier molecular flexibility index (Phi) is 4.66. The Labute approximate surface area is 158 Å². The summed E-state index contributed by atoms with van der Waals surface area (Å²) >= 11 is 9.05. The van der Waals surface area contributed by atoms with Crippen LogP contribution in [-0.2, 0) is 10.5 Å². The van der Waals surface area contributed by atoms with Crippen LogP contribution < -0.4 is 4.90 Å². The number of thioether (sulfide) groups is 1. The zero-order valence-electron chi connectivity index (χ0n) is 13.6. The molecule has 9 heteroatoms. The number of fused-ring (bicyclic) bond motifs is 1. The summed E-state index contributed by atoms with van der Waals surface area (Å²) in [5.74, 6) is 0.812. The Morgan fingerprint density at radius 3 is 3.00 bits per heavy atom. The highest BCUT2D eigenvalue weighted by Gasteiger charge is 2.35. The minimum absolute atomic E-state index is 0.118. The van der Waals surface area contributed by atoms with E-state index in [1.165, 1.54) is 11.3 Å². The van der Waals surface area contributed by atoms with Crippen molar-refractivity contribution in [3.63, 3.8) is 0 Å². The zero-order valence-corrected chi connectivity index (χ0v) is 15.9. The lowest BCUT2D eigenvalue weighted by molar-refractivity contribution is -0.118. The number of aromatic nitrogens is 4. The van der Waals surface area contributed by atoms with E-state index in [1.54, 1.807) is 11.8 Å². The number of halogens is 1. The molecule has 0 atom stereocenters. The van der Waals surface area contributed by atoms with Crippen LogP contribution in [0.5, 0.6) is 0 Å².